The molecule has 174 valence electrons. The smallest absolute Gasteiger partial charge is 0.228 e. The fourth-order valence-electron chi connectivity index (χ4n) is 3.63. The highest BCUT2D eigenvalue weighted by Gasteiger charge is 2.25. The van der Waals surface area contributed by atoms with Crippen LogP contribution in [0.2, 0.25) is 0 Å². The van der Waals surface area contributed by atoms with Gasteiger partial charge in [-0.15, -0.1) is 0 Å². The molecule has 0 saturated heterocycles. The van der Waals surface area contributed by atoms with Gasteiger partial charge in [0.2, 0.25) is 5.95 Å². The highest BCUT2D eigenvalue weighted by atomic mass is 16.5. The van der Waals surface area contributed by atoms with Crippen LogP contribution in [0.15, 0.2) is 53.4 Å². The van der Waals surface area contributed by atoms with Crippen molar-refractivity contribution in [3.05, 3.63) is 70.8 Å². The molecule has 3 N–H and O–H groups in total. The molecule has 0 atom stereocenters. The van der Waals surface area contributed by atoms with E-state index in [0.717, 1.165) is 46.6 Å². The number of fused-ring (bicyclic) bond motifs is 1. The molecule has 0 unspecified atom stereocenters. The van der Waals surface area contributed by atoms with Gasteiger partial charge < -0.3 is 15.8 Å². The number of ether oxygens (including phenoxy) is 1. The fourth-order valence-corrected chi connectivity index (χ4v) is 3.63. The molecule has 1 aliphatic carbocycles. The second kappa shape index (κ2) is 11.4. The number of nitrogens with zero attached hydrogens (tertiary/aromatic N) is 5. The topological polar surface area (TPSA) is 103 Å². The summed E-state index contributed by atoms with van der Waals surface area (Å²) in [6.07, 6.45) is 5.32. The summed E-state index contributed by atoms with van der Waals surface area (Å²) in [6.45, 7) is 7.35. The zero-order valence-corrected chi connectivity index (χ0v) is 20.1. The molecule has 2 heterocycles. The second-order valence-corrected chi connectivity index (χ2v) is 7.49. The fraction of sp³-hybridized carbons (Fsp3) is 0.360. The third kappa shape index (κ3) is 5.64. The summed E-state index contributed by atoms with van der Waals surface area (Å²) < 4.78 is 6.91. The van der Waals surface area contributed by atoms with Crippen LogP contribution in [0.1, 0.15) is 42.7 Å². The number of allylic oxidation sites excluding steroid dienone is 2. The number of hydrogen-bond donors (Lipinski definition) is 2. The predicted molar refractivity (Wildman–Crippen MR) is 134 cm³/mol. The van der Waals surface area contributed by atoms with E-state index in [9.17, 15) is 0 Å². The van der Waals surface area contributed by atoms with Crippen molar-refractivity contribution in [2.75, 3.05) is 26.1 Å². The first kappa shape index (κ1) is 24.1. The highest BCUT2D eigenvalue weighted by Crippen LogP contribution is 2.31. The average Bonchev–Trinajstić information content (AvgIpc) is 3.29. The summed E-state index contributed by atoms with van der Waals surface area (Å²) in [5.74, 6) is 1.15. The minimum Gasteiger partial charge on any atom is -0.401 e. The molecule has 3 aromatic rings. The average molecular weight is 448 g/mol. The van der Waals surface area contributed by atoms with Crippen LogP contribution in [-0.4, -0.2) is 46.2 Å². The standard InChI is InChI=1S/C23H27N7O.C2H6/c1-15-4-6-16(7-5-15)21(25-2)20-18(24)9-8-17-14-26-23(28-22(17)20)27-19-10-11-30(29-19)12-13-31-3;1-2/h4-7,10-11,14H,8-9,12-13,24H2,1-3H3,(H,26,27,28,29);1-2H3. The predicted octanol–water partition coefficient (Wildman–Crippen LogP) is 4.13. The van der Waals surface area contributed by atoms with Gasteiger partial charge in [0, 0.05) is 49.5 Å². The van der Waals surface area contributed by atoms with Crippen molar-refractivity contribution in [2.45, 2.75) is 40.2 Å². The number of anilines is 2. The van der Waals surface area contributed by atoms with Crippen LogP contribution in [0.25, 0.3) is 5.57 Å². The number of nitrogens with one attached hydrogen (secondary N) is 1. The van der Waals surface area contributed by atoms with E-state index < -0.39 is 0 Å². The Hall–Kier alpha value is -3.52. The molecule has 8 nitrogen and oxygen atoms in total. The molecule has 4 rings (SSSR count). The summed E-state index contributed by atoms with van der Waals surface area (Å²) >= 11 is 0. The first-order chi connectivity index (χ1) is 16.1. The molecule has 0 bridgehead atoms. The van der Waals surface area contributed by atoms with E-state index >= 15 is 0 Å². The molecule has 0 saturated carbocycles. The molecule has 0 fully saturated rings. The van der Waals surface area contributed by atoms with Crippen LogP contribution in [0.5, 0.6) is 0 Å². The number of benzene rings is 1. The minimum atomic E-state index is 0.474. The van der Waals surface area contributed by atoms with E-state index in [0.29, 0.717) is 24.9 Å². The van der Waals surface area contributed by atoms with E-state index in [2.05, 4.69) is 51.6 Å². The lowest BCUT2D eigenvalue weighted by atomic mass is 9.88. The quantitative estimate of drug-likeness (QED) is 0.528. The van der Waals surface area contributed by atoms with Crippen LogP contribution in [0.3, 0.4) is 0 Å². The molecule has 33 heavy (non-hydrogen) atoms. The largest absolute Gasteiger partial charge is 0.401 e. The normalized spacial score (nSPS) is 13.3. The number of aliphatic imine (C=N–C) groups is 1. The Labute approximate surface area is 195 Å². The van der Waals surface area contributed by atoms with Crippen molar-refractivity contribution in [1.82, 2.24) is 19.7 Å². The van der Waals surface area contributed by atoms with Crippen molar-refractivity contribution >= 4 is 23.1 Å². The molecule has 0 radical (unpaired) electrons. The molecule has 1 aromatic carbocycles. The lowest BCUT2D eigenvalue weighted by Crippen LogP contribution is -2.20. The monoisotopic (exact) mass is 447 g/mol. The second-order valence-electron chi connectivity index (χ2n) is 7.49. The Kier molecular flexibility index (Phi) is 8.32. The highest BCUT2D eigenvalue weighted by molar-refractivity contribution is 6.32. The van der Waals surface area contributed by atoms with Crippen molar-refractivity contribution in [2.24, 2.45) is 10.7 Å². The van der Waals surface area contributed by atoms with Gasteiger partial charge in [-0.2, -0.15) is 5.10 Å². The minimum absolute atomic E-state index is 0.474. The number of methoxy groups -OCH3 is 1. The van der Waals surface area contributed by atoms with Gasteiger partial charge in [0.1, 0.15) is 0 Å². The number of aryl methyl sites for hydroxylation is 2. The summed E-state index contributed by atoms with van der Waals surface area (Å²) in [5.41, 5.74) is 13.1. The SMILES string of the molecule is CC.CN=C(C1=C(N)CCc2cnc(Nc3ccn(CCOC)n3)nc21)c1ccc(C)cc1. The lowest BCUT2D eigenvalue weighted by Gasteiger charge is -2.22. The van der Waals surface area contributed by atoms with Crippen molar-refractivity contribution in [3.63, 3.8) is 0 Å². The summed E-state index contributed by atoms with van der Waals surface area (Å²) in [7, 11) is 3.46. The van der Waals surface area contributed by atoms with E-state index in [1.165, 1.54) is 5.56 Å². The van der Waals surface area contributed by atoms with Crippen LogP contribution < -0.4 is 11.1 Å². The number of hydrogen-bond acceptors (Lipinski definition) is 7. The van der Waals surface area contributed by atoms with Gasteiger partial charge in [0.05, 0.1) is 24.6 Å². The maximum atomic E-state index is 6.48. The number of rotatable bonds is 7. The first-order valence-electron chi connectivity index (χ1n) is 11.3. The number of nitrogens with two attached hydrogens (primary N) is 1. The zero-order valence-electron chi connectivity index (χ0n) is 20.1. The van der Waals surface area contributed by atoms with Crippen LogP contribution in [0, 0.1) is 6.92 Å². The molecule has 0 aliphatic heterocycles. The van der Waals surface area contributed by atoms with E-state index in [1.54, 1.807) is 14.2 Å². The zero-order chi connectivity index (χ0) is 23.8. The first-order valence-corrected chi connectivity index (χ1v) is 11.3. The van der Waals surface area contributed by atoms with Crippen LogP contribution >= 0.6 is 0 Å². The van der Waals surface area contributed by atoms with Gasteiger partial charge >= 0.3 is 0 Å². The van der Waals surface area contributed by atoms with E-state index in [1.807, 2.05) is 37.0 Å². The summed E-state index contributed by atoms with van der Waals surface area (Å²) in [4.78, 5) is 13.9. The van der Waals surface area contributed by atoms with Gasteiger partial charge in [0.15, 0.2) is 5.82 Å². The van der Waals surface area contributed by atoms with Crippen LogP contribution in [-0.2, 0) is 17.7 Å². The molecule has 8 heteroatoms. The van der Waals surface area contributed by atoms with Gasteiger partial charge in [-0.3, -0.25) is 9.67 Å². The van der Waals surface area contributed by atoms with Crippen molar-refractivity contribution in [3.8, 4) is 0 Å². The Morgan fingerprint density at radius 3 is 2.64 bits per heavy atom. The van der Waals surface area contributed by atoms with E-state index in [-0.39, 0.29) is 0 Å². The lowest BCUT2D eigenvalue weighted by molar-refractivity contribution is 0.183. The molecular formula is C25H33N7O. The molecule has 0 amide bonds. The Morgan fingerprint density at radius 1 is 1.18 bits per heavy atom. The third-order valence-electron chi connectivity index (χ3n) is 5.28. The van der Waals surface area contributed by atoms with Gasteiger partial charge in [0.25, 0.3) is 0 Å². The van der Waals surface area contributed by atoms with Gasteiger partial charge in [-0.05, 0) is 25.3 Å². The Bertz CT molecular complexity index is 1130. The number of aromatic nitrogens is 4. The Morgan fingerprint density at radius 2 is 1.94 bits per heavy atom. The van der Waals surface area contributed by atoms with Gasteiger partial charge in [-0.25, -0.2) is 9.97 Å². The molecule has 0 spiro atoms. The maximum absolute atomic E-state index is 6.48. The maximum Gasteiger partial charge on any atom is 0.228 e. The van der Waals surface area contributed by atoms with Gasteiger partial charge in [-0.1, -0.05) is 43.7 Å². The third-order valence-corrected chi connectivity index (χ3v) is 5.28. The van der Waals surface area contributed by atoms with E-state index in [4.69, 9.17) is 15.5 Å². The van der Waals surface area contributed by atoms with Crippen LogP contribution in [0.4, 0.5) is 11.8 Å². The van der Waals surface area contributed by atoms with Crippen molar-refractivity contribution < 1.29 is 4.74 Å². The summed E-state index contributed by atoms with van der Waals surface area (Å²) in [6, 6.07) is 10.2. The molecule has 2 aromatic heterocycles. The van der Waals surface area contributed by atoms with Crippen molar-refractivity contribution in [1.29, 1.82) is 0 Å². The molecule has 1 aliphatic rings. The summed E-state index contributed by atoms with van der Waals surface area (Å²) in [5, 5.41) is 7.67. The molecular weight excluding hydrogens is 414 g/mol. The Balaban J connectivity index is 0.00000149.